The maximum Gasteiger partial charge on any atom is 0.143 e. The monoisotopic (exact) mass is 193 g/mol. The Morgan fingerprint density at radius 2 is 1.86 bits per heavy atom. The van der Waals surface area contributed by atoms with E-state index in [2.05, 4.69) is 0 Å². The van der Waals surface area contributed by atoms with Crippen LogP contribution in [-0.4, -0.2) is 11.6 Å². The van der Waals surface area contributed by atoms with Crippen molar-refractivity contribution in [3.63, 3.8) is 0 Å². The fourth-order valence-corrected chi connectivity index (χ4v) is 1.96. The zero-order valence-electron chi connectivity index (χ0n) is 8.67. The van der Waals surface area contributed by atoms with Gasteiger partial charge in [-0.25, -0.2) is 0 Å². The van der Waals surface area contributed by atoms with Gasteiger partial charge in [-0.05, 0) is 11.8 Å². The van der Waals surface area contributed by atoms with Crippen molar-refractivity contribution >= 4 is 11.6 Å². The summed E-state index contributed by atoms with van der Waals surface area (Å²) in [5.41, 5.74) is -0.183. The van der Waals surface area contributed by atoms with Crippen molar-refractivity contribution in [3.8, 4) is 6.07 Å². The molecule has 0 spiro atoms. The molecule has 0 radical (unpaired) electrons. The van der Waals surface area contributed by atoms with Crippen LogP contribution in [-0.2, 0) is 9.59 Å². The average Bonchev–Trinajstić information content (AvgIpc) is 2.00. The van der Waals surface area contributed by atoms with Crippen LogP contribution in [0.4, 0.5) is 0 Å². The Morgan fingerprint density at radius 3 is 2.29 bits per heavy atom. The van der Waals surface area contributed by atoms with Gasteiger partial charge in [0.15, 0.2) is 0 Å². The van der Waals surface area contributed by atoms with E-state index in [0.29, 0.717) is 25.7 Å². The lowest BCUT2D eigenvalue weighted by Gasteiger charge is -2.31. The van der Waals surface area contributed by atoms with E-state index in [4.69, 9.17) is 5.26 Å². The highest BCUT2D eigenvalue weighted by Gasteiger charge is 2.38. The molecule has 1 rings (SSSR count). The summed E-state index contributed by atoms with van der Waals surface area (Å²) >= 11 is 0. The van der Waals surface area contributed by atoms with Gasteiger partial charge in [0, 0.05) is 19.3 Å². The van der Waals surface area contributed by atoms with Crippen molar-refractivity contribution in [1.82, 2.24) is 0 Å². The van der Waals surface area contributed by atoms with Crippen LogP contribution in [0.3, 0.4) is 0 Å². The first kappa shape index (κ1) is 10.9. The lowest BCUT2D eigenvalue weighted by molar-refractivity contribution is -0.139. The van der Waals surface area contributed by atoms with Gasteiger partial charge in [0.1, 0.15) is 11.6 Å². The molecule has 0 aliphatic heterocycles. The highest BCUT2D eigenvalue weighted by atomic mass is 16.2. The van der Waals surface area contributed by atoms with Crippen molar-refractivity contribution in [2.75, 3.05) is 0 Å². The maximum atomic E-state index is 11.6. The number of hydrogen-bond acceptors (Lipinski definition) is 3. The van der Waals surface area contributed by atoms with E-state index in [-0.39, 0.29) is 17.0 Å². The van der Waals surface area contributed by atoms with Crippen LogP contribution in [0.2, 0.25) is 0 Å². The molecule has 0 aromatic heterocycles. The molecule has 1 aliphatic rings. The minimum absolute atomic E-state index is 0.0153. The Morgan fingerprint density at radius 1 is 1.36 bits per heavy atom. The molecule has 0 aromatic carbocycles. The molecule has 0 N–H and O–H groups in total. The molecule has 0 heterocycles. The van der Waals surface area contributed by atoms with Gasteiger partial charge >= 0.3 is 0 Å². The first-order valence-corrected chi connectivity index (χ1v) is 4.89. The summed E-state index contributed by atoms with van der Waals surface area (Å²) in [5.74, 6) is -0.467. The number of carbonyl (C=O) groups excluding carboxylic acids is 2. The fraction of sp³-hybridized carbons (Fsp3) is 0.727. The molecule has 76 valence electrons. The molecule has 0 atom stereocenters. The standard InChI is InChI=1S/C11H15NO2/c1-11(2)6-9(13)8(4-3-5-12)10(14)7-11/h8H,3-4,6-7H2,1-2H3. The summed E-state index contributed by atoms with van der Waals surface area (Å²) < 4.78 is 0. The van der Waals surface area contributed by atoms with Gasteiger partial charge in [0.05, 0.1) is 12.0 Å². The smallest absolute Gasteiger partial charge is 0.143 e. The zero-order valence-corrected chi connectivity index (χ0v) is 8.67. The lowest BCUT2D eigenvalue weighted by Crippen LogP contribution is -2.37. The van der Waals surface area contributed by atoms with E-state index in [1.54, 1.807) is 0 Å². The van der Waals surface area contributed by atoms with Crippen LogP contribution in [0.15, 0.2) is 0 Å². The molecule has 1 saturated carbocycles. The Labute approximate surface area is 84.1 Å². The largest absolute Gasteiger partial charge is 0.299 e. The number of rotatable bonds is 2. The van der Waals surface area contributed by atoms with Gasteiger partial charge in [-0.3, -0.25) is 9.59 Å². The molecule has 1 fully saturated rings. The van der Waals surface area contributed by atoms with Gasteiger partial charge in [-0.2, -0.15) is 5.26 Å². The Bertz CT molecular complexity index is 279. The molecular weight excluding hydrogens is 178 g/mol. The van der Waals surface area contributed by atoms with Crippen LogP contribution in [0.25, 0.3) is 0 Å². The van der Waals surface area contributed by atoms with E-state index < -0.39 is 5.92 Å². The zero-order chi connectivity index (χ0) is 10.8. The van der Waals surface area contributed by atoms with Crippen LogP contribution in [0.5, 0.6) is 0 Å². The molecule has 0 amide bonds. The van der Waals surface area contributed by atoms with Gasteiger partial charge in [-0.1, -0.05) is 13.8 Å². The molecule has 0 saturated heterocycles. The Kier molecular flexibility index (Phi) is 3.05. The van der Waals surface area contributed by atoms with E-state index >= 15 is 0 Å². The number of ketones is 2. The summed E-state index contributed by atoms with van der Waals surface area (Å²) in [6.07, 6.45) is 1.64. The van der Waals surface area contributed by atoms with Crippen LogP contribution >= 0.6 is 0 Å². The first-order valence-electron chi connectivity index (χ1n) is 4.89. The van der Waals surface area contributed by atoms with Gasteiger partial charge < -0.3 is 0 Å². The predicted molar refractivity (Wildman–Crippen MR) is 51.4 cm³/mol. The Balaban J connectivity index is 2.67. The molecular formula is C11H15NO2. The molecule has 3 nitrogen and oxygen atoms in total. The second-order valence-corrected chi connectivity index (χ2v) is 4.70. The number of carbonyl (C=O) groups is 2. The summed E-state index contributed by atoms with van der Waals surface area (Å²) in [6, 6.07) is 1.97. The normalized spacial score (nSPS) is 22.1. The maximum absolute atomic E-state index is 11.6. The van der Waals surface area contributed by atoms with E-state index in [0.717, 1.165) is 0 Å². The molecule has 0 bridgehead atoms. The SMILES string of the molecule is CC1(C)CC(=O)C(CCC#N)C(=O)C1. The summed E-state index contributed by atoms with van der Waals surface area (Å²) in [6.45, 7) is 3.87. The van der Waals surface area contributed by atoms with E-state index in [9.17, 15) is 9.59 Å². The Hall–Kier alpha value is -1.17. The van der Waals surface area contributed by atoms with Gasteiger partial charge in [0.25, 0.3) is 0 Å². The molecule has 0 aromatic rings. The first-order chi connectivity index (χ1) is 6.46. The summed E-state index contributed by atoms with van der Waals surface area (Å²) in [4.78, 5) is 23.2. The van der Waals surface area contributed by atoms with Crippen LogP contribution in [0, 0.1) is 22.7 Å². The third-order valence-electron chi connectivity index (χ3n) is 2.63. The number of nitrogens with zero attached hydrogens (tertiary/aromatic N) is 1. The fourth-order valence-electron chi connectivity index (χ4n) is 1.96. The topological polar surface area (TPSA) is 57.9 Å². The number of hydrogen-bond donors (Lipinski definition) is 0. The van der Waals surface area contributed by atoms with Crippen molar-refractivity contribution in [1.29, 1.82) is 5.26 Å². The third-order valence-corrected chi connectivity index (χ3v) is 2.63. The van der Waals surface area contributed by atoms with E-state index in [1.807, 2.05) is 19.9 Å². The molecule has 0 unspecified atom stereocenters. The summed E-state index contributed by atoms with van der Waals surface area (Å²) in [7, 11) is 0. The molecule has 1 aliphatic carbocycles. The quantitative estimate of drug-likeness (QED) is 0.629. The highest BCUT2D eigenvalue weighted by molar-refractivity contribution is 6.05. The van der Waals surface area contributed by atoms with Crippen molar-refractivity contribution in [3.05, 3.63) is 0 Å². The molecule has 3 heteroatoms. The highest BCUT2D eigenvalue weighted by Crippen LogP contribution is 2.35. The van der Waals surface area contributed by atoms with Crippen molar-refractivity contribution in [2.24, 2.45) is 11.3 Å². The summed E-state index contributed by atoms with van der Waals surface area (Å²) in [5, 5.41) is 8.40. The second-order valence-electron chi connectivity index (χ2n) is 4.70. The van der Waals surface area contributed by atoms with Gasteiger partial charge in [-0.15, -0.1) is 0 Å². The molecule has 14 heavy (non-hydrogen) atoms. The minimum atomic E-state index is -0.498. The van der Waals surface area contributed by atoms with Crippen LogP contribution < -0.4 is 0 Å². The number of Topliss-reactive ketones (excluding diaryl/α,β-unsaturated/α-hetero) is 2. The van der Waals surface area contributed by atoms with Crippen LogP contribution in [0.1, 0.15) is 39.5 Å². The van der Waals surface area contributed by atoms with E-state index in [1.165, 1.54) is 0 Å². The predicted octanol–water partition coefficient (Wildman–Crippen LogP) is 1.86. The average molecular weight is 193 g/mol. The minimum Gasteiger partial charge on any atom is -0.299 e. The number of nitriles is 1. The lowest BCUT2D eigenvalue weighted by atomic mass is 9.70. The third kappa shape index (κ3) is 2.41. The second kappa shape index (κ2) is 3.91. The van der Waals surface area contributed by atoms with Crippen molar-refractivity contribution in [2.45, 2.75) is 39.5 Å². The van der Waals surface area contributed by atoms with Gasteiger partial charge in [0.2, 0.25) is 0 Å². The van der Waals surface area contributed by atoms with Crippen molar-refractivity contribution < 1.29 is 9.59 Å².